The Labute approximate surface area is 427 Å². The number of piperidine rings is 4. The number of hydrogen-bond acceptors (Lipinski definition) is 9. The summed E-state index contributed by atoms with van der Waals surface area (Å²) in [6.07, 6.45) is -10.5. The SMILES string of the molecule is COCCN1C[C@H](C(=O)c2ccccc2)[C@@H](c2cccc(F)c2C)[C@H](C(F)(F)F)[C@]1(C(=O)[C@]1(C2CCCNC2)[C@@H](C(F)(F)F)[C@H](c2cccc(F)c2C)[C@@H](C(=O)c2ccccc2)CN1CCOC)C1CCCNC1. The summed E-state index contributed by atoms with van der Waals surface area (Å²) >= 11 is 0. The molecule has 4 aromatic rings. The molecule has 0 saturated carbocycles. The number of ketones is 3. The van der Waals surface area contributed by atoms with Crippen LogP contribution >= 0.6 is 0 Å². The molecular formula is C57H66F8N4O5. The van der Waals surface area contributed by atoms with Crippen LogP contribution in [-0.2, 0) is 14.3 Å². The van der Waals surface area contributed by atoms with Gasteiger partial charge < -0.3 is 20.1 Å². The fraction of sp³-hybridized carbons (Fsp3) is 0.526. The molecule has 4 fully saturated rings. The molecule has 2 unspecified atom stereocenters. The lowest BCUT2D eigenvalue weighted by atomic mass is 9.48. The third-order valence-electron chi connectivity index (χ3n) is 16.9. The molecular weight excluding hydrogens is 973 g/mol. The van der Waals surface area contributed by atoms with E-state index in [-0.39, 0.29) is 85.4 Å². The Hall–Kier alpha value is -4.91. The standard InChI is InChI=1S/C57H66F8N4O5/c1-35-41(21-11-23-45(35)58)47-43(49(70)37-15-7-5-8-16-37)33-68(27-29-73-3)54(51(47)56(60,61)62,39-19-13-25-66-31-39)53(72)55(40-20-14-26-67-32-40)52(57(63,64)65)48(42-22-12-24-46(59)36(42)2)44(34-69(55)28-30-74-4)50(71)38-17-9-6-10-18-38/h5-12,15-18,21-24,39-40,43-44,47-48,51-52,66-67H,13-14,19-20,25-34H2,1-4H3/t39?,40?,43-,44-,47+,48+,51-,52-,54-,55-/m0/s1. The lowest BCUT2D eigenvalue weighted by molar-refractivity contribution is -0.267. The van der Waals surface area contributed by atoms with Crippen molar-refractivity contribution >= 4 is 17.3 Å². The molecule has 10 atom stereocenters. The minimum Gasteiger partial charge on any atom is -0.383 e. The van der Waals surface area contributed by atoms with Gasteiger partial charge in [0.1, 0.15) is 11.6 Å². The molecule has 400 valence electrons. The molecule has 0 amide bonds. The van der Waals surface area contributed by atoms with Crippen LogP contribution < -0.4 is 10.6 Å². The van der Waals surface area contributed by atoms with Gasteiger partial charge in [0.15, 0.2) is 17.3 Å². The van der Waals surface area contributed by atoms with Crippen LogP contribution in [-0.4, -0.2) is 130 Å². The number of nitrogens with zero attached hydrogens (tertiary/aromatic N) is 2. The van der Waals surface area contributed by atoms with Crippen LogP contribution in [0.25, 0.3) is 0 Å². The summed E-state index contributed by atoms with van der Waals surface area (Å²) in [6.45, 7) is 0.296. The van der Waals surface area contributed by atoms with Gasteiger partial charge in [-0.1, -0.05) is 84.9 Å². The van der Waals surface area contributed by atoms with Crippen LogP contribution in [0.3, 0.4) is 0 Å². The van der Waals surface area contributed by atoms with Crippen LogP contribution in [0.1, 0.15) is 80.5 Å². The fourth-order valence-electron chi connectivity index (χ4n) is 13.9. The first-order chi connectivity index (χ1) is 35.4. The highest BCUT2D eigenvalue weighted by Crippen LogP contribution is 2.64. The highest BCUT2D eigenvalue weighted by Gasteiger charge is 2.78. The Morgan fingerprint density at radius 2 is 0.959 bits per heavy atom. The van der Waals surface area contributed by atoms with Crippen LogP contribution in [0.4, 0.5) is 35.1 Å². The first-order valence-corrected chi connectivity index (χ1v) is 25.6. The average molecular weight is 1040 g/mol. The zero-order valence-corrected chi connectivity index (χ0v) is 42.2. The second-order valence-corrected chi connectivity index (χ2v) is 20.6. The van der Waals surface area contributed by atoms with E-state index in [1.165, 1.54) is 86.4 Å². The molecule has 8 rings (SSSR count). The molecule has 9 nitrogen and oxygen atoms in total. The van der Waals surface area contributed by atoms with Crippen molar-refractivity contribution in [2.24, 2.45) is 35.5 Å². The fourth-order valence-corrected chi connectivity index (χ4v) is 13.9. The quantitative estimate of drug-likeness (QED) is 0.0840. The van der Waals surface area contributed by atoms with Gasteiger partial charge in [0.25, 0.3) is 0 Å². The van der Waals surface area contributed by atoms with E-state index in [1.54, 1.807) is 36.4 Å². The van der Waals surface area contributed by atoms with Gasteiger partial charge in [-0.3, -0.25) is 24.2 Å². The molecule has 0 bridgehead atoms. The van der Waals surface area contributed by atoms with E-state index in [0.29, 0.717) is 13.1 Å². The Balaban J connectivity index is 1.55. The third-order valence-corrected chi connectivity index (χ3v) is 16.9. The van der Waals surface area contributed by atoms with Crippen molar-refractivity contribution in [1.82, 2.24) is 20.4 Å². The van der Waals surface area contributed by atoms with Gasteiger partial charge >= 0.3 is 12.4 Å². The number of carbonyl (C=O) groups excluding carboxylic acids is 3. The van der Waals surface area contributed by atoms with Gasteiger partial charge in [-0.05, 0) is 98.8 Å². The van der Waals surface area contributed by atoms with Crippen molar-refractivity contribution in [2.75, 3.05) is 79.8 Å². The number of halogens is 8. The van der Waals surface area contributed by atoms with Crippen molar-refractivity contribution in [2.45, 2.75) is 74.8 Å². The Bertz CT molecular complexity index is 2420. The van der Waals surface area contributed by atoms with Gasteiger partial charge in [-0.15, -0.1) is 0 Å². The lowest BCUT2D eigenvalue weighted by Crippen LogP contribution is -2.84. The molecule has 0 spiro atoms. The van der Waals surface area contributed by atoms with Crippen LogP contribution in [0, 0.1) is 61.0 Å². The zero-order valence-electron chi connectivity index (χ0n) is 42.2. The van der Waals surface area contributed by atoms with Crippen molar-refractivity contribution in [3.63, 3.8) is 0 Å². The minimum atomic E-state index is -5.46. The Morgan fingerprint density at radius 1 is 0.581 bits per heavy atom. The van der Waals surface area contributed by atoms with Crippen LogP contribution in [0.15, 0.2) is 97.1 Å². The van der Waals surface area contributed by atoms with E-state index in [2.05, 4.69) is 10.6 Å². The van der Waals surface area contributed by atoms with E-state index in [1.807, 2.05) is 0 Å². The predicted octanol–water partition coefficient (Wildman–Crippen LogP) is 9.77. The van der Waals surface area contributed by atoms with Crippen molar-refractivity contribution < 1.29 is 59.0 Å². The second-order valence-electron chi connectivity index (χ2n) is 20.6. The molecule has 17 heteroatoms. The maximum Gasteiger partial charge on any atom is 0.394 e. The molecule has 74 heavy (non-hydrogen) atoms. The van der Waals surface area contributed by atoms with E-state index in [0.717, 1.165) is 12.1 Å². The summed E-state index contributed by atoms with van der Waals surface area (Å²) in [5, 5.41) is 6.41. The van der Waals surface area contributed by atoms with Gasteiger partial charge in [-0.25, -0.2) is 8.78 Å². The molecule has 0 radical (unpaired) electrons. The summed E-state index contributed by atoms with van der Waals surface area (Å²) in [6, 6.07) is 22.7. The van der Waals surface area contributed by atoms with E-state index >= 15 is 49.5 Å². The number of rotatable bonds is 16. The van der Waals surface area contributed by atoms with Gasteiger partial charge in [0, 0.05) is 88.3 Å². The highest BCUT2D eigenvalue weighted by molar-refractivity contribution is 6.03. The molecule has 4 aliphatic rings. The lowest BCUT2D eigenvalue weighted by Gasteiger charge is -2.67. The topological polar surface area (TPSA) is 100 Å². The molecule has 4 aliphatic heterocycles. The second kappa shape index (κ2) is 22.7. The van der Waals surface area contributed by atoms with Gasteiger partial charge in [0.2, 0.25) is 0 Å². The average Bonchev–Trinajstić information content (AvgIpc) is 3.40. The third kappa shape index (κ3) is 10.0. The largest absolute Gasteiger partial charge is 0.394 e. The van der Waals surface area contributed by atoms with E-state index < -0.39 is 126 Å². The van der Waals surface area contributed by atoms with Crippen molar-refractivity contribution in [1.29, 1.82) is 0 Å². The Morgan fingerprint density at radius 3 is 1.28 bits per heavy atom. The van der Waals surface area contributed by atoms with E-state index in [9.17, 15) is 0 Å². The molecule has 2 N–H and O–H groups in total. The number of likely N-dealkylation sites (tertiary alicyclic amines) is 2. The van der Waals surface area contributed by atoms with E-state index in [4.69, 9.17) is 9.47 Å². The zero-order chi connectivity index (χ0) is 53.2. The summed E-state index contributed by atoms with van der Waals surface area (Å²) in [4.78, 5) is 51.1. The number of benzene rings is 4. The molecule has 0 aromatic heterocycles. The maximum atomic E-state index is 18.1. The van der Waals surface area contributed by atoms with Gasteiger partial charge in [-0.2, -0.15) is 26.3 Å². The van der Waals surface area contributed by atoms with Crippen molar-refractivity contribution in [3.8, 4) is 0 Å². The summed E-state index contributed by atoms with van der Waals surface area (Å²) < 4.78 is 150. The van der Waals surface area contributed by atoms with Crippen LogP contribution in [0.5, 0.6) is 0 Å². The molecule has 4 aromatic carbocycles. The monoisotopic (exact) mass is 1040 g/mol. The smallest absolute Gasteiger partial charge is 0.383 e. The summed E-state index contributed by atoms with van der Waals surface area (Å²) in [7, 11) is 2.64. The maximum absolute atomic E-state index is 18.1. The predicted molar refractivity (Wildman–Crippen MR) is 264 cm³/mol. The number of ether oxygens (including phenoxy) is 2. The summed E-state index contributed by atoms with van der Waals surface area (Å²) in [5.41, 5.74) is -6.58. The highest BCUT2D eigenvalue weighted by atomic mass is 19.4. The number of methoxy groups -OCH3 is 2. The molecule has 0 aliphatic carbocycles. The number of alkyl halides is 6. The number of Topliss-reactive ketones (excluding diaryl/α,β-unsaturated/α-hetero) is 3. The number of nitrogens with one attached hydrogen (secondary N) is 2. The molecule has 4 saturated heterocycles. The van der Waals surface area contributed by atoms with Crippen molar-refractivity contribution in [3.05, 3.63) is 142 Å². The molecule has 4 heterocycles. The summed E-state index contributed by atoms with van der Waals surface area (Å²) in [5.74, 6) is -20.4. The number of carbonyl (C=O) groups is 3. The first-order valence-electron chi connectivity index (χ1n) is 25.6. The Kier molecular flexibility index (Phi) is 17.0. The van der Waals surface area contributed by atoms with Gasteiger partial charge in [0.05, 0.1) is 36.1 Å². The number of hydrogen-bond donors (Lipinski definition) is 2. The van der Waals surface area contributed by atoms with Crippen LogP contribution in [0.2, 0.25) is 0 Å². The minimum absolute atomic E-state index is 0.0454. The first kappa shape index (κ1) is 55.3. The normalized spacial score (nSPS) is 29.5.